The first-order valence-electron chi connectivity index (χ1n) is 4.93. The van der Waals surface area contributed by atoms with E-state index in [1.165, 1.54) is 0 Å². The number of nitrogens with one attached hydrogen (secondary N) is 1. The van der Waals surface area contributed by atoms with Crippen molar-refractivity contribution < 1.29 is 4.74 Å². The van der Waals surface area contributed by atoms with Crippen molar-refractivity contribution in [1.82, 2.24) is 10.3 Å². The maximum absolute atomic E-state index is 5.68. The lowest BCUT2D eigenvalue weighted by Crippen LogP contribution is -2.37. The van der Waals surface area contributed by atoms with E-state index >= 15 is 0 Å². The summed E-state index contributed by atoms with van der Waals surface area (Å²) in [7, 11) is 0. The number of ether oxygens (including phenoxy) is 1. The third-order valence-electron chi connectivity index (χ3n) is 2.30. The molecule has 1 aliphatic heterocycles. The third-order valence-corrected chi connectivity index (χ3v) is 2.30. The molecule has 0 aromatic carbocycles. The van der Waals surface area contributed by atoms with Crippen LogP contribution in [0.5, 0.6) is 5.88 Å². The SMILES string of the molecule is Nc1ccnc(O[C@H]2CCCNC2)c1. The normalized spacial score (nSPS) is 21.9. The fraction of sp³-hybridized carbons (Fsp3) is 0.500. The van der Waals surface area contributed by atoms with Gasteiger partial charge in [-0.1, -0.05) is 0 Å². The van der Waals surface area contributed by atoms with Crippen molar-refractivity contribution in [3.63, 3.8) is 0 Å². The highest BCUT2D eigenvalue weighted by molar-refractivity contribution is 5.39. The molecule has 0 radical (unpaired) electrons. The molecule has 0 amide bonds. The molecule has 0 bridgehead atoms. The summed E-state index contributed by atoms with van der Waals surface area (Å²) in [6, 6.07) is 3.51. The molecule has 0 spiro atoms. The lowest BCUT2D eigenvalue weighted by molar-refractivity contribution is 0.160. The summed E-state index contributed by atoms with van der Waals surface area (Å²) in [6.07, 6.45) is 4.15. The van der Waals surface area contributed by atoms with E-state index in [2.05, 4.69) is 10.3 Å². The topological polar surface area (TPSA) is 60.2 Å². The molecule has 4 heteroatoms. The summed E-state index contributed by atoms with van der Waals surface area (Å²) in [5.41, 5.74) is 6.32. The largest absolute Gasteiger partial charge is 0.473 e. The molecule has 76 valence electrons. The van der Waals surface area contributed by atoms with Crippen LogP contribution in [-0.2, 0) is 0 Å². The van der Waals surface area contributed by atoms with Crippen LogP contribution < -0.4 is 15.8 Å². The molecule has 1 saturated heterocycles. The van der Waals surface area contributed by atoms with Gasteiger partial charge in [-0.2, -0.15) is 0 Å². The molecule has 14 heavy (non-hydrogen) atoms. The number of hydrogen-bond donors (Lipinski definition) is 2. The standard InChI is InChI=1S/C10H15N3O/c11-8-3-5-13-10(6-8)14-9-2-1-4-12-7-9/h3,5-6,9,12H,1-2,4,7H2,(H2,11,13)/t9-/m0/s1. The van der Waals surface area contributed by atoms with Crippen molar-refractivity contribution in [1.29, 1.82) is 0 Å². The average molecular weight is 193 g/mol. The van der Waals surface area contributed by atoms with Crippen LogP contribution >= 0.6 is 0 Å². The Morgan fingerprint density at radius 1 is 1.57 bits per heavy atom. The number of aromatic nitrogens is 1. The molecule has 2 heterocycles. The maximum atomic E-state index is 5.68. The van der Waals surface area contributed by atoms with Gasteiger partial charge in [0.2, 0.25) is 5.88 Å². The smallest absolute Gasteiger partial charge is 0.215 e. The van der Waals surface area contributed by atoms with E-state index in [9.17, 15) is 0 Å². The van der Waals surface area contributed by atoms with Gasteiger partial charge in [0, 0.05) is 24.5 Å². The molecule has 0 unspecified atom stereocenters. The van der Waals surface area contributed by atoms with Crippen LogP contribution in [0.25, 0.3) is 0 Å². The number of nitrogens with two attached hydrogens (primary N) is 1. The molecule has 4 nitrogen and oxygen atoms in total. The van der Waals surface area contributed by atoms with Gasteiger partial charge in [-0.25, -0.2) is 4.98 Å². The van der Waals surface area contributed by atoms with Gasteiger partial charge in [0.05, 0.1) is 0 Å². The molecule has 1 aromatic rings. The second-order valence-electron chi connectivity index (χ2n) is 3.51. The van der Waals surface area contributed by atoms with Gasteiger partial charge >= 0.3 is 0 Å². The van der Waals surface area contributed by atoms with Crippen molar-refractivity contribution in [2.24, 2.45) is 0 Å². The first-order valence-corrected chi connectivity index (χ1v) is 4.93. The van der Waals surface area contributed by atoms with Gasteiger partial charge in [-0.05, 0) is 25.5 Å². The van der Waals surface area contributed by atoms with Crippen LogP contribution in [0.4, 0.5) is 5.69 Å². The number of rotatable bonds is 2. The van der Waals surface area contributed by atoms with Gasteiger partial charge in [-0.3, -0.25) is 0 Å². The van der Waals surface area contributed by atoms with Crippen molar-refractivity contribution in [2.45, 2.75) is 18.9 Å². The predicted octanol–water partition coefficient (Wildman–Crippen LogP) is 0.795. The second-order valence-corrected chi connectivity index (χ2v) is 3.51. The van der Waals surface area contributed by atoms with E-state index in [1.54, 1.807) is 18.3 Å². The highest BCUT2D eigenvalue weighted by Gasteiger charge is 2.14. The Labute approximate surface area is 83.5 Å². The first-order chi connectivity index (χ1) is 6.84. The second kappa shape index (κ2) is 4.28. The molecular weight excluding hydrogens is 178 g/mol. The zero-order valence-corrected chi connectivity index (χ0v) is 8.07. The predicted molar refractivity (Wildman–Crippen MR) is 55.2 cm³/mol. The molecule has 1 fully saturated rings. The minimum absolute atomic E-state index is 0.234. The fourth-order valence-electron chi connectivity index (χ4n) is 1.58. The van der Waals surface area contributed by atoms with E-state index < -0.39 is 0 Å². The van der Waals surface area contributed by atoms with Gasteiger partial charge < -0.3 is 15.8 Å². The van der Waals surface area contributed by atoms with Gasteiger partial charge in [0.15, 0.2) is 0 Å². The summed E-state index contributed by atoms with van der Waals surface area (Å²) in [6.45, 7) is 1.99. The third kappa shape index (κ3) is 2.35. The molecule has 1 atom stereocenters. The lowest BCUT2D eigenvalue weighted by Gasteiger charge is -2.23. The average Bonchev–Trinajstić information content (AvgIpc) is 2.19. The molecule has 2 rings (SSSR count). The minimum Gasteiger partial charge on any atom is -0.473 e. The van der Waals surface area contributed by atoms with Crippen LogP contribution in [0, 0.1) is 0 Å². The first kappa shape index (κ1) is 9.27. The Hall–Kier alpha value is -1.29. The number of pyridine rings is 1. The van der Waals surface area contributed by atoms with Crippen LogP contribution in [0.1, 0.15) is 12.8 Å². The van der Waals surface area contributed by atoms with Gasteiger partial charge in [-0.15, -0.1) is 0 Å². The van der Waals surface area contributed by atoms with E-state index in [4.69, 9.17) is 10.5 Å². The minimum atomic E-state index is 0.234. The molecule has 1 aromatic heterocycles. The van der Waals surface area contributed by atoms with Crippen LogP contribution in [0.15, 0.2) is 18.3 Å². The fourth-order valence-corrected chi connectivity index (χ4v) is 1.58. The molecule has 0 aliphatic carbocycles. The highest BCUT2D eigenvalue weighted by atomic mass is 16.5. The molecule has 0 saturated carbocycles. The number of piperidine rings is 1. The maximum Gasteiger partial charge on any atom is 0.215 e. The van der Waals surface area contributed by atoms with E-state index in [-0.39, 0.29) is 6.10 Å². The van der Waals surface area contributed by atoms with Crippen LogP contribution in [0.2, 0.25) is 0 Å². The van der Waals surface area contributed by atoms with Crippen molar-refractivity contribution in [2.75, 3.05) is 18.8 Å². The molecular formula is C10H15N3O. The quantitative estimate of drug-likeness (QED) is 0.729. The summed E-state index contributed by atoms with van der Waals surface area (Å²) in [5, 5.41) is 3.29. The van der Waals surface area contributed by atoms with Gasteiger partial charge in [0.25, 0.3) is 0 Å². The number of anilines is 1. The van der Waals surface area contributed by atoms with Crippen molar-refractivity contribution >= 4 is 5.69 Å². The Balaban J connectivity index is 1.95. The Bertz CT molecular complexity index is 297. The monoisotopic (exact) mass is 193 g/mol. The van der Waals surface area contributed by atoms with E-state index in [1.807, 2.05) is 0 Å². The summed E-state index contributed by atoms with van der Waals surface area (Å²) in [5.74, 6) is 0.624. The lowest BCUT2D eigenvalue weighted by atomic mass is 10.1. The Morgan fingerprint density at radius 2 is 2.50 bits per heavy atom. The summed E-state index contributed by atoms with van der Waals surface area (Å²) in [4.78, 5) is 4.10. The van der Waals surface area contributed by atoms with E-state index in [0.717, 1.165) is 25.9 Å². The van der Waals surface area contributed by atoms with Crippen LogP contribution in [0.3, 0.4) is 0 Å². The van der Waals surface area contributed by atoms with Crippen LogP contribution in [-0.4, -0.2) is 24.2 Å². The molecule has 1 aliphatic rings. The highest BCUT2D eigenvalue weighted by Crippen LogP contribution is 2.15. The van der Waals surface area contributed by atoms with Gasteiger partial charge in [0.1, 0.15) is 6.10 Å². The van der Waals surface area contributed by atoms with Crippen molar-refractivity contribution in [3.8, 4) is 5.88 Å². The summed E-state index contributed by atoms with van der Waals surface area (Å²) < 4.78 is 5.68. The number of hydrogen-bond acceptors (Lipinski definition) is 4. The zero-order chi connectivity index (χ0) is 9.80. The Kier molecular flexibility index (Phi) is 2.84. The van der Waals surface area contributed by atoms with Crippen molar-refractivity contribution in [3.05, 3.63) is 18.3 Å². The number of nitrogen functional groups attached to an aromatic ring is 1. The zero-order valence-electron chi connectivity index (χ0n) is 8.07. The van der Waals surface area contributed by atoms with E-state index in [0.29, 0.717) is 11.6 Å². The molecule has 3 N–H and O–H groups in total. The Morgan fingerprint density at radius 3 is 3.21 bits per heavy atom. The number of nitrogens with zero attached hydrogens (tertiary/aromatic N) is 1. The summed E-state index contributed by atoms with van der Waals surface area (Å²) >= 11 is 0.